The molecule has 174 valence electrons. The molecular formula is C23H18ClF3N6O. The molecule has 34 heavy (non-hydrogen) atoms. The molecule has 1 amide bonds. The Morgan fingerprint density at radius 3 is 2.47 bits per heavy atom. The highest BCUT2D eigenvalue weighted by Gasteiger charge is 2.33. The van der Waals surface area contributed by atoms with Gasteiger partial charge in [-0.05, 0) is 42.8 Å². The number of aromatic nitrogens is 5. The molecule has 4 aromatic rings. The Labute approximate surface area is 197 Å². The van der Waals surface area contributed by atoms with Crippen LogP contribution in [0.25, 0.3) is 22.6 Å². The second kappa shape index (κ2) is 9.22. The molecule has 1 unspecified atom stereocenters. The molecule has 11 heteroatoms. The zero-order valence-corrected chi connectivity index (χ0v) is 18.8. The standard InChI is InChI=1S/C23H18ClF3N6O/c1-13(15-7-8-28-20(9-15)23(25,26)27)30-22(34)19-10-18(14-3-5-17(24)6-4-14)31-21(32-19)16-11-29-33(2)12-16/h3-13H,1-2H3,(H,30,34). The summed E-state index contributed by atoms with van der Waals surface area (Å²) in [6.07, 6.45) is -0.245. The number of pyridine rings is 1. The van der Waals surface area contributed by atoms with E-state index in [0.717, 1.165) is 12.3 Å². The van der Waals surface area contributed by atoms with Gasteiger partial charge in [0.2, 0.25) is 0 Å². The van der Waals surface area contributed by atoms with E-state index in [1.165, 1.54) is 12.1 Å². The van der Waals surface area contributed by atoms with Crippen molar-refractivity contribution in [3.63, 3.8) is 0 Å². The van der Waals surface area contributed by atoms with Crippen LogP contribution in [0.1, 0.15) is 34.7 Å². The normalized spacial score (nSPS) is 12.4. The van der Waals surface area contributed by atoms with Crippen LogP contribution >= 0.6 is 11.6 Å². The Morgan fingerprint density at radius 2 is 1.82 bits per heavy atom. The zero-order valence-electron chi connectivity index (χ0n) is 18.0. The number of carbonyl (C=O) groups is 1. The first-order chi connectivity index (χ1) is 16.1. The van der Waals surface area contributed by atoms with Gasteiger partial charge in [0.15, 0.2) is 5.82 Å². The summed E-state index contributed by atoms with van der Waals surface area (Å²) >= 11 is 5.98. The fourth-order valence-electron chi connectivity index (χ4n) is 3.22. The van der Waals surface area contributed by atoms with Gasteiger partial charge in [-0.2, -0.15) is 18.3 Å². The predicted octanol–water partition coefficient (Wildman–Crippen LogP) is 5.10. The van der Waals surface area contributed by atoms with Gasteiger partial charge >= 0.3 is 6.18 Å². The number of aryl methyl sites for hydroxylation is 1. The van der Waals surface area contributed by atoms with Crippen molar-refractivity contribution in [1.29, 1.82) is 0 Å². The largest absolute Gasteiger partial charge is 0.433 e. The number of alkyl halides is 3. The number of nitrogens with one attached hydrogen (secondary N) is 1. The first-order valence-corrected chi connectivity index (χ1v) is 10.5. The third kappa shape index (κ3) is 5.23. The number of amides is 1. The summed E-state index contributed by atoms with van der Waals surface area (Å²) in [5, 5.41) is 7.36. The fraction of sp³-hybridized carbons (Fsp3) is 0.174. The highest BCUT2D eigenvalue weighted by Crippen LogP contribution is 2.29. The van der Waals surface area contributed by atoms with Crippen LogP contribution in [0.3, 0.4) is 0 Å². The van der Waals surface area contributed by atoms with Crippen LogP contribution < -0.4 is 5.32 Å². The average Bonchev–Trinajstić information content (AvgIpc) is 3.25. The molecule has 4 rings (SSSR count). The SMILES string of the molecule is CC(NC(=O)c1cc(-c2ccc(Cl)cc2)nc(-c2cnn(C)c2)n1)c1ccnc(C(F)(F)F)c1. The smallest absolute Gasteiger partial charge is 0.344 e. The molecule has 0 saturated heterocycles. The highest BCUT2D eigenvalue weighted by atomic mass is 35.5. The van der Waals surface area contributed by atoms with Gasteiger partial charge in [-0.25, -0.2) is 9.97 Å². The molecule has 1 atom stereocenters. The Bertz CT molecular complexity index is 1340. The number of carbonyl (C=O) groups excluding carboxylic acids is 1. The second-order valence-electron chi connectivity index (χ2n) is 7.54. The van der Waals surface area contributed by atoms with Gasteiger partial charge < -0.3 is 5.32 Å². The maximum Gasteiger partial charge on any atom is 0.433 e. The number of benzene rings is 1. The zero-order chi connectivity index (χ0) is 24.5. The number of nitrogens with zero attached hydrogens (tertiary/aromatic N) is 5. The molecule has 1 aromatic carbocycles. The maximum absolute atomic E-state index is 13.1. The van der Waals surface area contributed by atoms with E-state index in [-0.39, 0.29) is 17.1 Å². The van der Waals surface area contributed by atoms with Crippen LogP contribution in [0, 0.1) is 0 Å². The molecule has 0 aliphatic rings. The average molecular weight is 487 g/mol. The molecule has 0 aliphatic carbocycles. The lowest BCUT2D eigenvalue weighted by Crippen LogP contribution is -2.28. The minimum Gasteiger partial charge on any atom is -0.344 e. The van der Waals surface area contributed by atoms with Crippen molar-refractivity contribution in [1.82, 2.24) is 30.0 Å². The maximum atomic E-state index is 13.1. The van der Waals surface area contributed by atoms with E-state index in [1.54, 1.807) is 55.3 Å². The van der Waals surface area contributed by atoms with Gasteiger partial charge in [0.05, 0.1) is 23.5 Å². The minimum atomic E-state index is -4.58. The number of rotatable bonds is 5. The van der Waals surface area contributed by atoms with Gasteiger partial charge in [0.25, 0.3) is 5.91 Å². The molecule has 1 N–H and O–H groups in total. The Kier molecular flexibility index (Phi) is 6.34. The summed E-state index contributed by atoms with van der Waals surface area (Å²) in [5.41, 5.74) is 1.07. The molecule has 0 spiro atoms. The summed E-state index contributed by atoms with van der Waals surface area (Å²) in [7, 11) is 1.74. The van der Waals surface area contributed by atoms with Gasteiger partial charge in [-0.3, -0.25) is 14.5 Å². The summed E-state index contributed by atoms with van der Waals surface area (Å²) in [5.74, 6) is -0.290. The molecule has 3 heterocycles. The van der Waals surface area contributed by atoms with E-state index >= 15 is 0 Å². The molecule has 0 saturated carbocycles. The first kappa shape index (κ1) is 23.4. The summed E-state index contributed by atoms with van der Waals surface area (Å²) < 4.78 is 40.6. The van der Waals surface area contributed by atoms with E-state index in [2.05, 4.69) is 25.4 Å². The monoisotopic (exact) mass is 486 g/mol. The minimum absolute atomic E-state index is 0.0516. The van der Waals surface area contributed by atoms with Crippen LogP contribution in [0.5, 0.6) is 0 Å². The van der Waals surface area contributed by atoms with Crippen molar-refractivity contribution in [2.45, 2.75) is 19.1 Å². The van der Waals surface area contributed by atoms with E-state index in [9.17, 15) is 18.0 Å². The lowest BCUT2D eigenvalue weighted by Gasteiger charge is -2.16. The van der Waals surface area contributed by atoms with Crippen LogP contribution in [-0.2, 0) is 13.2 Å². The Balaban J connectivity index is 1.68. The first-order valence-electron chi connectivity index (χ1n) is 10.1. The van der Waals surface area contributed by atoms with Gasteiger partial charge in [0, 0.05) is 30.0 Å². The lowest BCUT2D eigenvalue weighted by molar-refractivity contribution is -0.141. The Hall–Kier alpha value is -3.79. The second-order valence-corrected chi connectivity index (χ2v) is 7.98. The van der Waals surface area contributed by atoms with E-state index in [0.29, 0.717) is 21.8 Å². The molecule has 0 bridgehead atoms. The fourth-order valence-corrected chi connectivity index (χ4v) is 3.35. The van der Waals surface area contributed by atoms with E-state index < -0.39 is 23.8 Å². The molecule has 3 aromatic heterocycles. The van der Waals surface area contributed by atoms with Gasteiger partial charge in [-0.1, -0.05) is 23.7 Å². The van der Waals surface area contributed by atoms with Crippen molar-refractivity contribution in [2.24, 2.45) is 7.05 Å². The van der Waals surface area contributed by atoms with Crippen molar-refractivity contribution < 1.29 is 18.0 Å². The Morgan fingerprint density at radius 1 is 1.09 bits per heavy atom. The topological polar surface area (TPSA) is 85.6 Å². The molecule has 0 fully saturated rings. The molecular weight excluding hydrogens is 469 g/mol. The summed E-state index contributed by atoms with van der Waals surface area (Å²) in [6, 6.07) is 10.0. The number of hydrogen-bond donors (Lipinski definition) is 1. The van der Waals surface area contributed by atoms with Gasteiger partial charge in [0.1, 0.15) is 11.4 Å². The van der Waals surface area contributed by atoms with E-state index in [4.69, 9.17) is 11.6 Å². The number of halogens is 4. The highest BCUT2D eigenvalue weighted by molar-refractivity contribution is 6.30. The van der Waals surface area contributed by atoms with E-state index in [1.807, 2.05) is 0 Å². The van der Waals surface area contributed by atoms with Crippen LogP contribution in [-0.4, -0.2) is 30.6 Å². The van der Waals surface area contributed by atoms with Crippen LogP contribution in [0.4, 0.5) is 13.2 Å². The third-order valence-corrected chi connectivity index (χ3v) is 5.24. The van der Waals surface area contributed by atoms with Crippen molar-refractivity contribution >= 4 is 17.5 Å². The quantitative estimate of drug-likeness (QED) is 0.424. The van der Waals surface area contributed by atoms with Crippen LogP contribution in [0.2, 0.25) is 5.02 Å². The molecule has 7 nitrogen and oxygen atoms in total. The van der Waals surface area contributed by atoms with Crippen molar-refractivity contribution in [3.8, 4) is 22.6 Å². The predicted molar refractivity (Wildman–Crippen MR) is 120 cm³/mol. The molecule has 0 radical (unpaired) electrons. The summed E-state index contributed by atoms with van der Waals surface area (Å²) in [4.78, 5) is 25.3. The van der Waals surface area contributed by atoms with Gasteiger partial charge in [-0.15, -0.1) is 0 Å². The van der Waals surface area contributed by atoms with Crippen molar-refractivity contribution in [3.05, 3.63) is 83.0 Å². The van der Waals surface area contributed by atoms with Crippen LogP contribution in [0.15, 0.2) is 61.1 Å². The third-order valence-electron chi connectivity index (χ3n) is 4.98. The summed E-state index contributed by atoms with van der Waals surface area (Å²) in [6.45, 7) is 1.58. The van der Waals surface area contributed by atoms with Crippen molar-refractivity contribution in [2.75, 3.05) is 0 Å². The number of hydrogen-bond acceptors (Lipinski definition) is 5. The lowest BCUT2D eigenvalue weighted by atomic mass is 10.1. The molecule has 0 aliphatic heterocycles.